The average molecular weight is 420 g/mol. The van der Waals surface area contributed by atoms with Crippen LogP contribution in [-0.2, 0) is 22.7 Å². The first-order chi connectivity index (χ1) is 14.0. The van der Waals surface area contributed by atoms with Crippen LogP contribution >= 0.6 is 11.6 Å². The molecule has 1 aliphatic carbocycles. The first-order valence-corrected chi connectivity index (χ1v) is 9.97. The van der Waals surface area contributed by atoms with Crippen LogP contribution < -0.4 is 10.6 Å². The average Bonchev–Trinajstić information content (AvgIpc) is 3.13. The van der Waals surface area contributed by atoms with E-state index in [4.69, 9.17) is 21.4 Å². The highest BCUT2D eigenvalue weighted by atomic mass is 35.5. The smallest absolute Gasteiger partial charge is 0.404 e. The lowest BCUT2D eigenvalue weighted by atomic mass is 9.85. The van der Waals surface area contributed by atoms with Crippen LogP contribution in [0.25, 0.3) is 11.1 Å². The van der Waals surface area contributed by atoms with Gasteiger partial charge in [0.25, 0.3) is 0 Å². The van der Waals surface area contributed by atoms with E-state index >= 15 is 0 Å². The molecular formula is C19H22ClN5O4. The van der Waals surface area contributed by atoms with Crippen LogP contribution in [0, 0.1) is 5.92 Å². The van der Waals surface area contributed by atoms with Crippen molar-refractivity contribution in [3.63, 3.8) is 0 Å². The van der Waals surface area contributed by atoms with Crippen molar-refractivity contribution < 1.29 is 19.4 Å². The molecule has 2 aliphatic rings. The van der Waals surface area contributed by atoms with E-state index in [1.54, 1.807) is 12.3 Å². The van der Waals surface area contributed by atoms with Gasteiger partial charge in [-0.2, -0.15) is 5.10 Å². The molecule has 2 atom stereocenters. The molecule has 0 bridgehead atoms. The van der Waals surface area contributed by atoms with Gasteiger partial charge in [-0.15, -0.1) is 0 Å². The van der Waals surface area contributed by atoms with E-state index in [-0.39, 0.29) is 17.9 Å². The van der Waals surface area contributed by atoms with Gasteiger partial charge in [-0.1, -0.05) is 18.0 Å². The highest BCUT2D eigenvalue weighted by Gasteiger charge is 2.28. The lowest BCUT2D eigenvalue weighted by Crippen LogP contribution is -2.40. The van der Waals surface area contributed by atoms with E-state index in [2.05, 4.69) is 20.7 Å². The molecule has 1 aliphatic heterocycles. The zero-order chi connectivity index (χ0) is 20.4. The van der Waals surface area contributed by atoms with Gasteiger partial charge in [0.05, 0.1) is 36.7 Å². The Morgan fingerprint density at radius 1 is 1.28 bits per heavy atom. The number of carbonyl (C=O) groups is 2. The predicted molar refractivity (Wildman–Crippen MR) is 106 cm³/mol. The first-order valence-electron chi connectivity index (χ1n) is 9.60. The minimum absolute atomic E-state index is 0.164. The second-order valence-corrected chi connectivity index (χ2v) is 7.74. The largest absolute Gasteiger partial charge is 0.465 e. The fourth-order valence-corrected chi connectivity index (χ4v) is 4.18. The van der Waals surface area contributed by atoms with Crippen molar-refractivity contribution >= 4 is 29.4 Å². The maximum Gasteiger partial charge on any atom is 0.404 e. The van der Waals surface area contributed by atoms with Crippen LogP contribution in [0.15, 0.2) is 18.5 Å². The van der Waals surface area contributed by atoms with Crippen LogP contribution in [-0.4, -0.2) is 44.5 Å². The van der Waals surface area contributed by atoms with Gasteiger partial charge in [0.1, 0.15) is 5.82 Å². The quantitative estimate of drug-likeness (QED) is 0.701. The number of hydrogen-bond acceptors (Lipinski definition) is 5. The van der Waals surface area contributed by atoms with Gasteiger partial charge in [0, 0.05) is 29.3 Å². The number of fused-ring (bicyclic) bond motifs is 1. The predicted octanol–water partition coefficient (Wildman–Crippen LogP) is 2.89. The summed E-state index contributed by atoms with van der Waals surface area (Å²) in [4.78, 5) is 27.8. The second kappa shape index (κ2) is 8.38. The minimum atomic E-state index is -1.06. The molecule has 3 heterocycles. The zero-order valence-corrected chi connectivity index (χ0v) is 16.5. The molecule has 10 heteroatoms. The van der Waals surface area contributed by atoms with Gasteiger partial charge in [-0.25, -0.2) is 9.78 Å². The Balaban J connectivity index is 1.50. The summed E-state index contributed by atoms with van der Waals surface area (Å²) < 4.78 is 7.43. The van der Waals surface area contributed by atoms with Gasteiger partial charge in [0.15, 0.2) is 0 Å². The van der Waals surface area contributed by atoms with Crippen LogP contribution in [0.1, 0.15) is 31.4 Å². The SMILES string of the molecule is O=C(O)N[C@@H]1CCC[C@H](C(=O)Nc2cc(-c3cnn4c3COCC4)c(Cl)cn2)C1. The van der Waals surface area contributed by atoms with E-state index in [1.165, 1.54) is 6.20 Å². The van der Waals surface area contributed by atoms with E-state index in [0.29, 0.717) is 37.0 Å². The molecule has 0 aromatic carbocycles. The number of halogens is 1. The fourth-order valence-electron chi connectivity index (χ4n) is 3.98. The molecule has 2 amide bonds. The number of ether oxygens (including phenoxy) is 1. The fraction of sp³-hybridized carbons (Fsp3) is 0.474. The highest BCUT2D eigenvalue weighted by Crippen LogP contribution is 2.33. The Morgan fingerprint density at radius 2 is 2.14 bits per heavy atom. The summed E-state index contributed by atoms with van der Waals surface area (Å²) in [7, 11) is 0. The third kappa shape index (κ3) is 4.35. The van der Waals surface area contributed by atoms with Gasteiger partial charge in [0.2, 0.25) is 5.91 Å². The minimum Gasteiger partial charge on any atom is -0.465 e. The molecule has 3 N–H and O–H groups in total. The van der Waals surface area contributed by atoms with Gasteiger partial charge in [-0.3, -0.25) is 9.48 Å². The van der Waals surface area contributed by atoms with Crippen molar-refractivity contribution in [3.8, 4) is 11.1 Å². The summed E-state index contributed by atoms with van der Waals surface area (Å²) in [6.07, 6.45) is 4.94. The van der Waals surface area contributed by atoms with Gasteiger partial charge in [-0.05, 0) is 25.3 Å². The second-order valence-electron chi connectivity index (χ2n) is 7.33. The molecule has 0 saturated heterocycles. The topological polar surface area (TPSA) is 118 Å². The summed E-state index contributed by atoms with van der Waals surface area (Å²) >= 11 is 6.37. The molecule has 0 radical (unpaired) electrons. The van der Waals surface area contributed by atoms with Gasteiger partial charge >= 0.3 is 6.09 Å². The van der Waals surface area contributed by atoms with E-state index in [1.807, 2.05) is 4.68 Å². The van der Waals surface area contributed by atoms with Crippen molar-refractivity contribution in [1.29, 1.82) is 0 Å². The van der Waals surface area contributed by atoms with Crippen molar-refractivity contribution in [1.82, 2.24) is 20.1 Å². The first kappa shape index (κ1) is 19.7. The Morgan fingerprint density at radius 3 is 2.97 bits per heavy atom. The van der Waals surface area contributed by atoms with Crippen molar-refractivity contribution in [2.75, 3.05) is 11.9 Å². The number of rotatable bonds is 4. The number of nitrogens with zero attached hydrogens (tertiary/aromatic N) is 3. The molecule has 4 rings (SSSR count). The van der Waals surface area contributed by atoms with E-state index in [0.717, 1.165) is 36.1 Å². The van der Waals surface area contributed by atoms with Crippen molar-refractivity contribution in [2.24, 2.45) is 5.92 Å². The normalized spacial score (nSPS) is 21.3. The number of aromatic nitrogens is 3. The Kier molecular flexibility index (Phi) is 5.68. The lowest BCUT2D eigenvalue weighted by molar-refractivity contribution is -0.121. The standard InChI is InChI=1S/C19H22ClN5O4/c20-15-9-21-17(7-13(15)14-8-22-25-4-5-29-10-16(14)25)24-18(26)11-2-1-3-12(6-11)23-19(27)28/h7-9,11-12,23H,1-6,10H2,(H,27,28)(H,21,24,26)/t11-,12+/m0/s1. The molecule has 29 heavy (non-hydrogen) atoms. The van der Waals surface area contributed by atoms with Crippen LogP contribution in [0.3, 0.4) is 0 Å². The molecule has 1 fully saturated rings. The van der Waals surface area contributed by atoms with Crippen molar-refractivity contribution in [2.45, 2.75) is 44.9 Å². The Bertz CT molecular complexity index is 931. The number of nitrogens with one attached hydrogen (secondary N) is 2. The Labute approximate surface area is 172 Å². The van der Waals surface area contributed by atoms with E-state index < -0.39 is 6.09 Å². The molecule has 2 aromatic rings. The number of carbonyl (C=O) groups excluding carboxylic acids is 1. The van der Waals surface area contributed by atoms with Crippen molar-refractivity contribution in [3.05, 3.63) is 29.2 Å². The molecule has 9 nitrogen and oxygen atoms in total. The zero-order valence-electron chi connectivity index (χ0n) is 15.7. The third-order valence-corrected chi connectivity index (χ3v) is 5.71. The van der Waals surface area contributed by atoms with Crippen LogP contribution in [0.2, 0.25) is 5.02 Å². The van der Waals surface area contributed by atoms with Crippen LogP contribution in [0.5, 0.6) is 0 Å². The number of pyridine rings is 1. The van der Waals surface area contributed by atoms with Crippen LogP contribution in [0.4, 0.5) is 10.6 Å². The number of carboxylic acid groups (broad SMARTS) is 1. The summed E-state index contributed by atoms with van der Waals surface area (Å²) in [5.74, 6) is -0.0266. The maximum atomic E-state index is 12.7. The molecule has 154 valence electrons. The molecule has 2 aromatic heterocycles. The maximum absolute atomic E-state index is 12.7. The summed E-state index contributed by atoms with van der Waals surface area (Å²) in [6, 6.07) is 1.53. The number of anilines is 1. The monoisotopic (exact) mass is 419 g/mol. The summed E-state index contributed by atoms with van der Waals surface area (Å²) in [6.45, 7) is 1.77. The number of hydrogen-bond donors (Lipinski definition) is 3. The van der Waals surface area contributed by atoms with Gasteiger partial charge < -0.3 is 20.5 Å². The Hall–Kier alpha value is -2.65. The summed E-state index contributed by atoms with van der Waals surface area (Å²) in [5.41, 5.74) is 2.53. The molecule has 0 spiro atoms. The summed E-state index contributed by atoms with van der Waals surface area (Å²) in [5, 5.41) is 19.1. The lowest BCUT2D eigenvalue weighted by Gasteiger charge is -2.28. The third-order valence-electron chi connectivity index (χ3n) is 5.40. The van der Waals surface area contributed by atoms with E-state index in [9.17, 15) is 9.59 Å². The number of amides is 2. The molecule has 1 saturated carbocycles. The molecular weight excluding hydrogens is 398 g/mol. The highest BCUT2D eigenvalue weighted by molar-refractivity contribution is 6.33. The molecule has 0 unspecified atom stereocenters.